The molecule has 1 aromatic carbocycles. The fraction of sp³-hybridized carbons (Fsp3) is 0.471. The van der Waals surface area contributed by atoms with Crippen LogP contribution in [-0.4, -0.2) is 62.1 Å². The molecule has 0 radical (unpaired) electrons. The smallest absolute Gasteiger partial charge is 0.261 e. The maximum Gasteiger partial charge on any atom is 0.261 e. The molecule has 2 heterocycles. The average Bonchev–Trinajstić information content (AvgIpc) is 3.21. The number of nitrogens with zero attached hydrogens (tertiary/aromatic N) is 2. The number of fused-ring (bicyclic) bond motifs is 1. The third-order valence-corrected chi connectivity index (χ3v) is 4.25. The highest BCUT2D eigenvalue weighted by Gasteiger charge is 2.34. The molecular formula is C17H23IN4O3. The molecule has 0 spiro atoms. The number of guanidine groups is 1. The molecule has 0 bridgehead atoms. The number of hydrogen-bond donors (Lipinski definition) is 2. The van der Waals surface area contributed by atoms with Crippen LogP contribution in [0.4, 0.5) is 0 Å². The van der Waals surface area contributed by atoms with E-state index in [2.05, 4.69) is 15.6 Å². The van der Waals surface area contributed by atoms with Crippen LogP contribution in [-0.2, 0) is 4.74 Å². The van der Waals surface area contributed by atoms with Gasteiger partial charge in [0.05, 0.1) is 17.2 Å². The number of amides is 2. The second-order valence-corrected chi connectivity index (χ2v) is 5.82. The predicted octanol–water partition coefficient (Wildman–Crippen LogP) is 1.24. The van der Waals surface area contributed by atoms with Gasteiger partial charge in [-0.15, -0.1) is 24.0 Å². The highest BCUT2D eigenvalue weighted by Crippen LogP contribution is 2.21. The zero-order valence-electron chi connectivity index (χ0n) is 14.2. The molecule has 1 saturated heterocycles. The number of ether oxygens (including phenoxy) is 1. The van der Waals surface area contributed by atoms with Gasteiger partial charge in [-0.3, -0.25) is 19.5 Å². The van der Waals surface area contributed by atoms with E-state index in [0.29, 0.717) is 36.7 Å². The Morgan fingerprint density at radius 1 is 1.24 bits per heavy atom. The molecule has 0 aromatic heterocycles. The van der Waals surface area contributed by atoms with Crippen molar-refractivity contribution >= 4 is 41.8 Å². The molecule has 2 aliphatic heterocycles. The van der Waals surface area contributed by atoms with Gasteiger partial charge in [0.1, 0.15) is 0 Å². The molecule has 2 N–H and O–H groups in total. The van der Waals surface area contributed by atoms with Crippen LogP contribution in [0.2, 0.25) is 0 Å². The summed E-state index contributed by atoms with van der Waals surface area (Å²) in [5.74, 6) is 0.168. The van der Waals surface area contributed by atoms with E-state index in [-0.39, 0.29) is 41.9 Å². The summed E-state index contributed by atoms with van der Waals surface area (Å²) in [6.45, 7) is 2.26. The van der Waals surface area contributed by atoms with Gasteiger partial charge in [0.2, 0.25) is 0 Å². The van der Waals surface area contributed by atoms with Gasteiger partial charge < -0.3 is 15.4 Å². The number of benzene rings is 1. The highest BCUT2D eigenvalue weighted by atomic mass is 127. The van der Waals surface area contributed by atoms with E-state index >= 15 is 0 Å². The van der Waals surface area contributed by atoms with Crippen LogP contribution in [0.3, 0.4) is 0 Å². The second kappa shape index (κ2) is 9.14. The van der Waals surface area contributed by atoms with Gasteiger partial charge in [-0.25, -0.2) is 0 Å². The molecule has 3 rings (SSSR count). The lowest BCUT2D eigenvalue weighted by Gasteiger charge is -2.17. The molecule has 8 heteroatoms. The van der Waals surface area contributed by atoms with E-state index < -0.39 is 0 Å². The summed E-state index contributed by atoms with van der Waals surface area (Å²) in [6, 6.07) is 6.90. The predicted molar refractivity (Wildman–Crippen MR) is 106 cm³/mol. The van der Waals surface area contributed by atoms with Crippen molar-refractivity contribution in [3.8, 4) is 0 Å². The van der Waals surface area contributed by atoms with E-state index in [0.717, 1.165) is 19.4 Å². The SMILES string of the molecule is CN=C(NCCN1C(=O)c2ccccc2C1=O)NCC1CCCO1.I. The van der Waals surface area contributed by atoms with Crippen molar-refractivity contribution in [1.29, 1.82) is 0 Å². The number of hydrogen-bond acceptors (Lipinski definition) is 4. The number of halogens is 1. The Balaban J connectivity index is 0.00000225. The van der Waals surface area contributed by atoms with Gasteiger partial charge in [-0.2, -0.15) is 0 Å². The number of nitrogens with one attached hydrogen (secondary N) is 2. The van der Waals surface area contributed by atoms with E-state index in [1.807, 2.05) is 0 Å². The second-order valence-electron chi connectivity index (χ2n) is 5.82. The van der Waals surface area contributed by atoms with E-state index in [1.54, 1.807) is 31.3 Å². The van der Waals surface area contributed by atoms with Crippen molar-refractivity contribution in [2.75, 3.05) is 33.3 Å². The lowest BCUT2D eigenvalue weighted by molar-refractivity contribution is 0.0657. The van der Waals surface area contributed by atoms with Crippen molar-refractivity contribution in [2.45, 2.75) is 18.9 Å². The molecule has 1 atom stereocenters. The Morgan fingerprint density at radius 2 is 1.92 bits per heavy atom. The summed E-state index contributed by atoms with van der Waals surface area (Å²) in [5.41, 5.74) is 0.951. The van der Waals surface area contributed by atoms with Gasteiger partial charge in [0.25, 0.3) is 11.8 Å². The van der Waals surface area contributed by atoms with Gasteiger partial charge >= 0.3 is 0 Å². The summed E-state index contributed by atoms with van der Waals surface area (Å²) in [6.07, 6.45) is 2.37. The van der Waals surface area contributed by atoms with Gasteiger partial charge in [0, 0.05) is 33.3 Å². The van der Waals surface area contributed by atoms with Crippen molar-refractivity contribution in [1.82, 2.24) is 15.5 Å². The Morgan fingerprint density at radius 3 is 2.48 bits per heavy atom. The quantitative estimate of drug-likeness (QED) is 0.301. The van der Waals surface area contributed by atoms with Crippen molar-refractivity contribution in [2.24, 2.45) is 4.99 Å². The molecule has 1 fully saturated rings. The van der Waals surface area contributed by atoms with Gasteiger partial charge in [-0.05, 0) is 25.0 Å². The molecule has 25 heavy (non-hydrogen) atoms. The van der Waals surface area contributed by atoms with Crippen LogP contribution in [0.15, 0.2) is 29.3 Å². The first kappa shape index (κ1) is 19.6. The molecule has 2 amide bonds. The molecular weight excluding hydrogens is 435 g/mol. The number of carbonyl (C=O) groups excluding carboxylic acids is 2. The molecule has 0 saturated carbocycles. The summed E-state index contributed by atoms with van der Waals surface area (Å²) in [7, 11) is 1.69. The highest BCUT2D eigenvalue weighted by molar-refractivity contribution is 14.0. The van der Waals surface area contributed by atoms with Crippen molar-refractivity contribution in [3.63, 3.8) is 0 Å². The molecule has 136 valence electrons. The first-order chi connectivity index (χ1) is 11.7. The Labute approximate surface area is 164 Å². The van der Waals surface area contributed by atoms with Gasteiger partial charge in [-0.1, -0.05) is 12.1 Å². The average molecular weight is 458 g/mol. The minimum absolute atomic E-state index is 0. The van der Waals surface area contributed by atoms with Crippen LogP contribution in [0, 0.1) is 0 Å². The summed E-state index contributed by atoms with van der Waals surface area (Å²) in [4.78, 5) is 29.9. The first-order valence-corrected chi connectivity index (χ1v) is 8.22. The number of rotatable bonds is 5. The minimum Gasteiger partial charge on any atom is -0.376 e. The van der Waals surface area contributed by atoms with Crippen LogP contribution in [0.1, 0.15) is 33.6 Å². The van der Waals surface area contributed by atoms with Crippen LogP contribution < -0.4 is 10.6 Å². The summed E-state index contributed by atoms with van der Waals surface area (Å²) < 4.78 is 5.55. The summed E-state index contributed by atoms with van der Waals surface area (Å²) in [5, 5.41) is 6.33. The molecule has 1 unspecified atom stereocenters. The van der Waals surface area contributed by atoms with E-state index in [1.165, 1.54) is 4.90 Å². The summed E-state index contributed by atoms with van der Waals surface area (Å²) >= 11 is 0. The van der Waals surface area contributed by atoms with Crippen LogP contribution >= 0.6 is 24.0 Å². The number of imide groups is 1. The maximum atomic E-state index is 12.3. The van der Waals surface area contributed by atoms with E-state index in [4.69, 9.17) is 4.74 Å². The van der Waals surface area contributed by atoms with Crippen LogP contribution in [0.5, 0.6) is 0 Å². The fourth-order valence-corrected chi connectivity index (χ4v) is 2.96. The Kier molecular flexibility index (Phi) is 7.18. The minimum atomic E-state index is -0.236. The number of carbonyl (C=O) groups is 2. The Hall–Kier alpha value is -1.68. The normalized spacial score (nSPS) is 19.6. The zero-order chi connectivity index (χ0) is 16.9. The van der Waals surface area contributed by atoms with Gasteiger partial charge in [0.15, 0.2) is 5.96 Å². The third-order valence-electron chi connectivity index (χ3n) is 4.25. The topological polar surface area (TPSA) is 83.0 Å². The standard InChI is InChI=1S/C17H22N4O3.HI/c1-18-17(20-11-12-5-4-10-24-12)19-8-9-21-15(22)13-6-2-3-7-14(13)16(21)23;/h2-3,6-7,12H,4-5,8-11H2,1H3,(H2,18,19,20);1H. The first-order valence-electron chi connectivity index (χ1n) is 8.22. The molecule has 2 aliphatic rings. The zero-order valence-corrected chi connectivity index (χ0v) is 16.5. The lowest BCUT2D eigenvalue weighted by atomic mass is 10.1. The van der Waals surface area contributed by atoms with Crippen LogP contribution in [0.25, 0.3) is 0 Å². The fourth-order valence-electron chi connectivity index (χ4n) is 2.96. The van der Waals surface area contributed by atoms with Crippen molar-refractivity contribution < 1.29 is 14.3 Å². The maximum absolute atomic E-state index is 12.3. The third kappa shape index (κ3) is 4.49. The Bertz CT molecular complexity index is 624. The monoisotopic (exact) mass is 458 g/mol. The molecule has 1 aromatic rings. The van der Waals surface area contributed by atoms with E-state index in [9.17, 15) is 9.59 Å². The number of aliphatic imine (C=N–C) groups is 1. The largest absolute Gasteiger partial charge is 0.376 e. The molecule has 7 nitrogen and oxygen atoms in total. The lowest BCUT2D eigenvalue weighted by Crippen LogP contribution is -2.44. The van der Waals surface area contributed by atoms with Crippen molar-refractivity contribution in [3.05, 3.63) is 35.4 Å². The molecule has 0 aliphatic carbocycles.